The first-order chi connectivity index (χ1) is 12.5. The molecular formula is C18H16BrClFNO4. The van der Waals surface area contributed by atoms with Crippen LogP contribution in [0.25, 0.3) is 0 Å². The van der Waals surface area contributed by atoms with Gasteiger partial charge in [0, 0.05) is 10.9 Å². The SMILES string of the molecule is O=C(COC(=O)CCCOc1ccc(Br)cc1Cl)Nc1ccccc1F. The van der Waals surface area contributed by atoms with Crippen molar-refractivity contribution in [3.8, 4) is 5.75 Å². The lowest BCUT2D eigenvalue weighted by atomic mass is 10.3. The van der Waals surface area contributed by atoms with Gasteiger partial charge in [0.15, 0.2) is 6.61 Å². The molecular weight excluding hydrogens is 429 g/mol. The van der Waals surface area contributed by atoms with E-state index in [4.69, 9.17) is 21.1 Å². The highest BCUT2D eigenvalue weighted by atomic mass is 79.9. The van der Waals surface area contributed by atoms with Gasteiger partial charge in [-0.2, -0.15) is 0 Å². The van der Waals surface area contributed by atoms with Crippen LogP contribution in [0.1, 0.15) is 12.8 Å². The number of hydrogen-bond acceptors (Lipinski definition) is 4. The quantitative estimate of drug-likeness (QED) is 0.478. The number of ether oxygens (including phenoxy) is 2. The molecule has 138 valence electrons. The first kappa shape index (κ1) is 20.2. The van der Waals surface area contributed by atoms with Crippen molar-refractivity contribution in [3.63, 3.8) is 0 Å². The number of nitrogens with one attached hydrogen (secondary N) is 1. The molecule has 0 fully saturated rings. The second kappa shape index (κ2) is 10.1. The van der Waals surface area contributed by atoms with Crippen LogP contribution in [0, 0.1) is 5.82 Å². The van der Waals surface area contributed by atoms with Crippen LogP contribution in [0.2, 0.25) is 5.02 Å². The van der Waals surface area contributed by atoms with Crippen molar-refractivity contribution in [1.82, 2.24) is 0 Å². The second-order valence-electron chi connectivity index (χ2n) is 5.22. The predicted octanol–water partition coefficient (Wildman–Crippen LogP) is 4.58. The van der Waals surface area contributed by atoms with Crippen molar-refractivity contribution in [3.05, 3.63) is 57.8 Å². The number of rotatable bonds is 8. The molecule has 0 aliphatic carbocycles. The molecule has 0 unspecified atom stereocenters. The summed E-state index contributed by atoms with van der Waals surface area (Å²) in [6.45, 7) is -0.204. The topological polar surface area (TPSA) is 64.6 Å². The molecule has 0 aliphatic rings. The van der Waals surface area contributed by atoms with Gasteiger partial charge in [0.25, 0.3) is 5.91 Å². The predicted molar refractivity (Wildman–Crippen MR) is 99.9 cm³/mol. The van der Waals surface area contributed by atoms with Crippen molar-refractivity contribution >= 4 is 45.1 Å². The summed E-state index contributed by atoms with van der Waals surface area (Å²) >= 11 is 9.31. The van der Waals surface area contributed by atoms with Crippen molar-refractivity contribution < 1.29 is 23.5 Å². The van der Waals surface area contributed by atoms with Crippen LogP contribution < -0.4 is 10.1 Å². The Morgan fingerprint density at radius 1 is 1.19 bits per heavy atom. The van der Waals surface area contributed by atoms with Crippen LogP contribution in [0.3, 0.4) is 0 Å². The molecule has 2 rings (SSSR count). The maximum absolute atomic E-state index is 13.4. The third-order valence-corrected chi connectivity index (χ3v) is 3.98. The molecule has 1 amide bonds. The Labute approximate surface area is 163 Å². The van der Waals surface area contributed by atoms with Crippen molar-refractivity contribution in [1.29, 1.82) is 0 Å². The molecule has 8 heteroatoms. The molecule has 0 heterocycles. The summed E-state index contributed by atoms with van der Waals surface area (Å²) in [6, 6.07) is 11.0. The van der Waals surface area contributed by atoms with Gasteiger partial charge in [0.05, 0.1) is 17.3 Å². The number of anilines is 1. The van der Waals surface area contributed by atoms with Crippen LogP contribution in [-0.4, -0.2) is 25.1 Å². The van der Waals surface area contributed by atoms with Gasteiger partial charge in [-0.1, -0.05) is 39.7 Å². The fourth-order valence-corrected chi connectivity index (χ4v) is 2.69. The molecule has 5 nitrogen and oxygen atoms in total. The van der Waals surface area contributed by atoms with E-state index >= 15 is 0 Å². The molecule has 0 saturated carbocycles. The van der Waals surface area contributed by atoms with Gasteiger partial charge in [0.1, 0.15) is 11.6 Å². The summed E-state index contributed by atoms with van der Waals surface area (Å²) in [6.07, 6.45) is 0.487. The fourth-order valence-electron chi connectivity index (χ4n) is 1.96. The Morgan fingerprint density at radius 3 is 2.69 bits per heavy atom. The van der Waals surface area contributed by atoms with Crippen molar-refractivity contribution in [2.75, 3.05) is 18.5 Å². The van der Waals surface area contributed by atoms with E-state index in [0.29, 0.717) is 17.2 Å². The maximum Gasteiger partial charge on any atom is 0.306 e. The molecule has 2 aromatic carbocycles. The maximum atomic E-state index is 13.4. The third-order valence-electron chi connectivity index (χ3n) is 3.19. The Hall–Kier alpha value is -2.12. The summed E-state index contributed by atoms with van der Waals surface area (Å²) in [5.41, 5.74) is 0.0355. The van der Waals surface area contributed by atoms with Crippen molar-refractivity contribution in [2.45, 2.75) is 12.8 Å². The summed E-state index contributed by atoms with van der Waals surface area (Å²) in [4.78, 5) is 23.3. The summed E-state index contributed by atoms with van der Waals surface area (Å²) < 4.78 is 24.6. The molecule has 26 heavy (non-hydrogen) atoms. The highest BCUT2D eigenvalue weighted by molar-refractivity contribution is 9.10. The molecule has 0 aromatic heterocycles. The highest BCUT2D eigenvalue weighted by Gasteiger charge is 2.10. The molecule has 2 aromatic rings. The lowest BCUT2D eigenvalue weighted by molar-refractivity contribution is -0.147. The Kier molecular flexibility index (Phi) is 7.87. The molecule has 0 atom stereocenters. The lowest BCUT2D eigenvalue weighted by Gasteiger charge is -2.09. The first-order valence-corrected chi connectivity index (χ1v) is 8.90. The van der Waals surface area contributed by atoms with E-state index in [0.717, 1.165) is 4.47 Å². The van der Waals surface area contributed by atoms with Gasteiger partial charge >= 0.3 is 5.97 Å². The zero-order chi connectivity index (χ0) is 18.9. The number of carbonyl (C=O) groups is 2. The van der Waals surface area contributed by atoms with Crippen LogP contribution in [0.15, 0.2) is 46.9 Å². The molecule has 0 bridgehead atoms. The van der Waals surface area contributed by atoms with E-state index in [2.05, 4.69) is 21.2 Å². The number of benzene rings is 2. The normalized spacial score (nSPS) is 10.3. The second-order valence-corrected chi connectivity index (χ2v) is 6.54. The van der Waals surface area contributed by atoms with Gasteiger partial charge in [0.2, 0.25) is 0 Å². The number of esters is 1. The van der Waals surface area contributed by atoms with Gasteiger partial charge in [-0.05, 0) is 36.8 Å². The van der Waals surface area contributed by atoms with E-state index < -0.39 is 24.3 Å². The van der Waals surface area contributed by atoms with Gasteiger partial charge in [-0.15, -0.1) is 0 Å². The summed E-state index contributed by atoms with van der Waals surface area (Å²) in [5.74, 6) is -1.19. The number of hydrogen-bond donors (Lipinski definition) is 1. The van der Waals surface area contributed by atoms with Crippen molar-refractivity contribution in [2.24, 2.45) is 0 Å². The average molecular weight is 445 g/mol. The number of para-hydroxylation sites is 1. The Bertz CT molecular complexity index is 788. The minimum Gasteiger partial charge on any atom is -0.492 e. The van der Waals surface area contributed by atoms with Crippen LogP contribution in [0.5, 0.6) is 5.75 Å². The highest BCUT2D eigenvalue weighted by Crippen LogP contribution is 2.27. The van der Waals surface area contributed by atoms with Gasteiger partial charge < -0.3 is 14.8 Å². The lowest BCUT2D eigenvalue weighted by Crippen LogP contribution is -2.21. The fraction of sp³-hybridized carbons (Fsp3) is 0.222. The van der Waals surface area contributed by atoms with Gasteiger partial charge in [-0.3, -0.25) is 9.59 Å². The van der Waals surface area contributed by atoms with Crippen LogP contribution in [-0.2, 0) is 14.3 Å². The van der Waals surface area contributed by atoms with E-state index in [-0.39, 0.29) is 18.7 Å². The molecule has 1 N–H and O–H groups in total. The zero-order valence-electron chi connectivity index (χ0n) is 13.6. The van der Waals surface area contributed by atoms with E-state index in [1.165, 1.54) is 18.2 Å². The largest absolute Gasteiger partial charge is 0.492 e. The van der Waals surface area contributed by atoms with Crippen LogP contribution in [0.4, 0.5) is 10.1 Å². The average Bonchev–Trinajstić information content (AvgIpc) is 2.60. The van der Waals surface area contributed by atoms with E-state index in [9.17, 15) is 14.0 Å². The number of amides is 1. The smallest absolute Gasteiger partial charge is 0.306 e. The Morgan fingerprint density at radius 2 is 1.96 bits per heavy atom. The van der Waals surface area contributed by atoms with Gasteiger partial charge in [-0.25, -0.2) is 4.39 Å². The minimum absolute atomic E-state index is 0.0355. The standard InChI is InChI=1S/C18H16BrClFNO4/c19-12-7-8-16(13(20)10-12)25-9-3-6-18(24)26-11-17(23)22-15-5-2-1-4-14(15)21/h1-2,4-5,7-8,10H,3,6,9,11H2,(H,22,23). The number of halogens is 3. The Balaban J connectivity index is 1.64. The zero-order valence-corrected chi connectivity index (χ0v) is 16.0. The van der Waals surface area contributed by atoms with E-state index in [1.807, 2.05) is 0 Å². The first-order valence-electron chi connectivity index (χ1n) is 7.73. The molecule has 0 aliphatic heterocycles. The minimum atomic E-state index is -0.610. The molecule has 0 radical (unpaired) electrons. The third kappa shape index (κ3) is 6.65. The molecule has 0 spiro atoms. The van der Waals surface area contributed by atoms with Crippen LogP contribution >= 0.6 is 27.5 Å². The summed E-state index contributed by atoms with van der Waals surface area (Å²) in [5, 5.41) is 2.80. The number of carbonyl (C=O) groups excluding carboxylic acids is 2. The van der Waals surface area contributed by atoms with E-state index in [1.54, 1.807) is 24.3 Å². The summed E-state index contributed by atoms with van der Waals surface area (Å²) in [7, 11) is 0. The molecule has 0 saturated heterocycles. The monoisotopic (exact) mass is 443 g/mol.